The third-order valence-electron chi connectivity index (χ3n) is 2.25. The van der Waals surface area contributed by atoms with E-state index in [4.69, 9.17) is 0 Å². The standard InChI is InChI=1S/C12H11N.C3H4N2O/c1-3-7-11(8-4-1)13-12-9-5-2-6-10-12;1-2-4-5-6-3-1/h1-10,13H;1-3,5H. The van der Waals surface area contributed by atoms with Gasteiger partial charge in [0, 0.05) is 11.4 Å². The zero-order chi connectivity index (χ0) is 13.2. The second-order valence-corrected chi connectivity index (χ2v) is 3.67. The van der Waals surface area contributed by atoms with E-state index in [-0.39, 0.29) is 0 Å². The largest absolute Gasteiger partial charge is 0.373 e. The molecule has 0 saturated carbocycles. The van der Waals surface area contributed by atoms with Crippen molar-refractivity contribution in [2.75, 3.05) is 5.32 Å². The van der Waals surface area contributed by atoms with Crippen molar-refractivity contribution in [3.05, 3.63) is 73.0 Å². The molecule has 1 aliphatic rings. The Morgan fingerprint density at radius 1 is 0.842 bits per heavy atom. The lowest BCUT2D eigenvalue weighted by atomic mass is 10.3. The third-order valence-corrected chi connectivity index (χ3v) is 2.25. The van der Waals surface area contributed by atoms with Gasteiger partial charge in [0.05, 0.1) is 6.21 Å². The average molecular weight is 253 g/mol. The summed E-state index contributed by atoms with van der Waals surface area (Å²) in [6.45, 7) is 0. The van der Waals surface area contributed by atoms with Crippen LogP contribution < -0.4 is 10.9 Å². The number of nitrogens with one attached hydrogen (secondary N) is 2. The molecule has 2 N–H and O–H groups in total. The van der Waals surface area contributed by atoms with E-state index in [9.17, 15) is 0 Å². The zero-order valence-electron chi connectivity index (χ0n) is 10.4. The van der Waals surface area contributed by atoms with Crippen LogP contribution in [-0.4, -0.2) is 6.21 Å². The van der Waals surface area contributed by atoms with Gasteiger partial charge in [-0.25, -0.2) is 0 Å². The normalized spacial score (nSPS) is 11.6. The van der Waals surface area contributed by atoms with E-state index in [1.807, 2.05) is 60.7 Å². The third kappa shape index (κ3) is 4.95. The minimum absolute atomic E-state index is 1.12. The summed E-state index contributed by atoms with van der Waals surface area (Å²) >= 11 is 0. The van der Waals surface area contributed by atoms with Gasteiger partial charge in [-0.05, 0) is 30.3 Å². The van der Waals surface area contributed by atoms with E-state index >= 15 is 0 Å². The monoisotopic (exact) mass is 253 g/mol. The van der Waals surface area contributed by atoms with Crippen molar-refractivity contribution >= 4 is 17.6 Å². The predicted molar refractivity (Wildman–Crippen MR) is 78.0 cm³/mol. The van der Waals surface area contributed by atoms with E-state index < -0.39 is 0 Å². The molecule has 0 spiro atoms. The molecule has 0 unspecified atom stereocenters. The predicted octanol–water partition coefficient (Wildman–Crippen LogP) is 3.45. The Balaban J connectivity index is 0.000000186. The number of para-hydroxylation sites is 2. The first-order chi connectivity index (χ1) is 9.45. The zero-order valence-corrected chi connectivity index (χ0v) is 10.4. The van der Waals surface area contributed by atoms with Crippen molar-refractivity contribution in [2.24, 2.45) is 5.10 Å². The lowest BCUT2D eigenvalue weighted by molar-refractivity contribution is 0.136. The second kappa shape index (κ2) is 7.55. The van der Waals surface area contributed by atoms with E-state index in [0.29, 0.717) is 0 Å². The number of nitrogens with zero attached hydrogens (tertiary/aromatic N) is 1. The van der Waals surface area contributed by atoms with E-state index in [2.05, 4.69) is 20.8 Å². The number of allylic oxidation sites excluding steroid dienone is 1. The number of rotatable bonds is 2. The van der Waals surface area contributed by atoms with Crippen LogP contribution in [0.4, 0.5) is 11.4 Å². The van der Waals surface area contributed by atoms with Gasteiger partial charge >= 0.3 is 0 Å². The van der Waals surface area contributed by atoms with Gasteiger partial charge in [-0.1, -0.05) is 36.4 Å². The van der Waals surface area contributed by atoms with E-state index in [1.165, 1.54) is 6.26 Å². The van der Waals surface area contributed by atoms with Crippen LogP contribution in [0.1, 0.15) is 0 Å². The van der Waals surface area contributed by atoms with Gasteiger partial charge in [-0.3, -0.25) is 0 Å². The highest BCUT2D eigenvalue weighted by Gasteiger charge is 1.89. The topological polar surface area (TPSA) is 45.6 Å². The molecule has 1 aliphatic heterocycles. The molecule has 0 bridgehead atoms. The highest BCUT2D eigenvalue weighted by molar-refractivity contribution is 5.70. The Bertz CT molecular complexity index is 474. The maximum Gasteiger partial charge on any atom is 0.122 e. The van der Waals surface area contributed by atoms with E-state index in [0.717, 1.165) is 11.4 Å². The summed E-state index contributed by atoms with van der Waals surface area (Å²) in [5.41, 5.74) is 4.51. The van der Waals surface area contributed by atoms with Crippen LogP contribution in [0.3, 0.4) is 0 Å². The van der Waals surface area contributed by atoms with Crippen LogP contribution >= 0.6 is 0 Å². The molecule has 19 heavy (non-hydrogen) atoms. The minimum atomic E-state index is 1.12. The molecule has 96 valence electrons. The van der Waals surface area contributed by atoms with Gasteiger partial charge in [-0.15, -0.1) is 5.59 Å². The lowest BCUT2D eigenvalue weighted by Crippen LogP contribution is -2.03. The summed E-state index contributed by atoms with van der Waals surface area (Å²) in [7, 11) is 0. The van der Waals surface area contributed by atoms with Crippen LogP contribution in [0.15, 0.2) is 78.1 Å². The number of anilines is 2. The molecule has 0 amide bonds. The van der Waals surface area contributed by atoms with Crippen molar-refractivity contribution in [2.45, 2.75) is 0 Å². The maximum absolute atomic E-state index is 4.44. The van der Waals surface area contributed by atoms with Crippen molar-refractivity contribution in [3.8, 4) is 0 Å². The molecule has 4 nitrogen and oxygen atoms in total. The van der Waals surface area contributed by atoms with Crippen molar-refractivity contribution < 1.29 is 4.84 Å². The molecular weight excluding hydrogens is 238 g/mol. The molecule has 0 atom stereocenters. The molecule has 1 heterocycles. The Morgan fingerprint density at radius 2 is 1.42 bits per heavy atom. The summed E-state index contributed by atoms with van der Waals surface area (Å²) < 4.78 is 0. The SMILES string of the molecule is C1=CONN=C1.c1ccc(Nc2ccccc2)cc1. The summed E-state index contributed by atoms with van der Waals surface area (Å²) in [6, 6.07) is 20.3. The highest BCUT2D eigenvalue weighted by Crippen LogP contribution is 2.14. The Kier molecular flexibility index (Phi) is 5.05. The maximum atomic E-state index is 4.44. The molecule has 2 aromatic carbocycles. The van der Waals surface area contributed by atoms with Crippen molar-refractivity contribution in [1.82, 2.24) is 5.59 Å². The molecule has 0 aliphatic carbocycles. The molecule has 0 radical (unpaired) electrons. The molecule has 0 fully saturated rings. The van der Waals surface area contributed by atoms with Gasteiger partial charge in [0.15, 0.2) is 0 Å². The quantitative estimate of drug-likeness (QED) is 0.861. The molecule has 0 aromatic heterocycles. The van der Waals surface area contributed by atoms with Crippen LogP contribution in [0.5, 0.6) is 0 Å². The first-order valence-electron chi connectivity index (χ1n) is 5.91. The van der Waals surface area contributed by atoms with Crippen molar-refractivity contribution in [3.63, 3.8) is 0 Å². The number of hydrogen-bond acceptors (Lipinski definition) is 4. The number of benzene rings is 2. The first kappa shape index (κ1) is 12.7. The van der Waals surface area contributed by atoms with Crippen molar-refractivity contribution in [1.29, 1.82) is 0 Å². The van der Waals surface area contributed by atoms with Crippen LogP contribution in [0.2, 0.25) is 0 Å². The fraction of sp³-hybridized carbons (Fsp3) is 0. The second-order valence-electron chi connectivity index (χ2n) is 3.67. The van der Waals surface area contributed by atoms with Crippen LogP contribution in [0, 0.1) is 0 Å². The van der Waals surface area contributed by atoms with Crippen LogP contribution in [0.25, 0.3) is 0 Å². The summed E-state index contributed by atoms with van der Waals surface area (Å²) in [6.07, 6.45) is 4.80. The molecule has 2 aromatic rings. The molecular formula is C15H15N3O. The number of hydrazone groups is 1. The minimum Gasteiger partial charge on any atom is -0.373 e. The van der Waals surface area contributed by atoms with Gasteiger partial charge in [0.2, 0.25) is 0 Å². The molecule has 3 rings (SSSR count). The Labute approximate surface area is 112 Å². The molecule has 0 saturated heterocycles. The Hall–Kier alpha value is -2.75. The average Bonchev–Trinajstić information content (AvgIpc) is 2.52. The smallest absolute Gasteiger partial charge is 0.122 e. The van der Waals surface area contributed by atoms with Crippen LogP contribution in [-0.2, 0) is 4.84 Å². The van der Waals surface area contributed by atoms with E-state index in [1.54, 1.807) is 12.3 Å². The highest BCUT2D eigenvalue weighted by atomic mass is 16.7. The fourth-order valence-corrected chi connectivity index (χ4v) is 1.42. The van der Waals surface area contributed by atoms with Gasteiger partial charge in [-0.2, -0.15) is 5.10 Å². The first-order valence-corrected chi connectivity index (χ1v) is 5.91. The van der Waals surface area contributed by atoms with Gasteiger partial charge < -0.3 is 10.2 Å². The molecule has 4 heteroatoms. The Morgan fingerprint density at radius 3 is 1.74 bits per heavy atom. The summed E-state index contributed by atoms with van der Waals surface area (Å²) in [4.78, 5) is 4.44. The fourth-order valence-electron chi connectivity index (χ4n) is 1.42. The van der Waals surface area contributed by atoms with Gasteiger partial charge in [0.25, 0.3) is 0 Å². The lowest BCUT2D eigenvalue weighted by Gasteiger charge is -2.04. The summed E-state index contributed by atoms with van der Waals surface area (Å²) in [5, 5.41) is 6.80. The summed E-state index contributed by atoms with van der Waals surface area (Å²) in [5.74, 6) is 0. The van der Waals surface area contributed by atoms with Gasteiger partial charge in [0.1, 0.15) is 6.26 Å². The number of hydrogen-bond donors (Lipinski definition) is 2.